The number of ether oxygens (including phenoxy) is 1. The first-order valence-electron chi connectivity index (χ1n) is 5.88. The lowest BCUT2D eigenvalue weighted by Crippen LogP contribution is -2.12. The molecular formula is C16H16OS. The number of hydrogen-bond donors (Lipinski definition) is 1. The molecule has 2 heteroatoms. The smallest absolute Gasteiger partial charge is 0.128 e. The van der Waals surface area contributed by atoms with E-state index in [1.54, 1.807) is 6.08 Å². The van der Waals surface area contributed by atoms with Crippen LogP contribution in [0.3, 0.4) is 0 Å². The van der Waals surface area contributed by atoms with Crippen LogP contribution in [-0.4, -0.2) is 6.10 Å². The zero-order valence-electron chi connectivity index (χ0n) is 10.3. The Morgan fingerprint density at radius 3 is 2.72 bits per heavy atom. The first-order valence-corrected chi connectivity index (χ1v) is 6.33. The van der Waals surface area contributed by atoms with Gasteiger partial charge in [-0.1, -0.05) is 49.1 Å². The van der Waals surface area contributed by atoms with Crippen LogP contribution < -0.4 is 4.74 Å². The second-order valence-electron chi connectivity index (χ2n) is 4.06. The van der Waals surface area contributed by atoms with Crippen molar-refractivity contribution in [1.82, 2.24) is 0 Å². The highest BCUT2D eigenvalue weighted by molar-refractivity contribution is 7.84. The van der Waals surface area contributed by atoms with Crippen molar-refractivity contribution in [1.29, 1.82) is 0 Å². The molecule has 1 nitrogen and oxygen atoms in total. The zero-order valence-corrected chi connectivity index (χ0v) is 11.2. The number of fused-ring (bicyclic) bond motifs is 1. The summed E-state index contributed by atoms with van der Waals surface area (Å²) in [6, 6.07) is 14.2. The van der Waals surface area contributed by atoms with Crippen molar-refractivity contribution in [2.45, 2.75) is 13.0 Å². The summed E-state index contributed by atoms with van der Waals surface area (Å²) >= 11 is 4.39. The van der Waals surface area contributed by atoms with E-state index < -0.39 is 0 Å². The number of benzene rings is 2. The first-order chi connectivity index (χ1) is 8.72. The maximum Gasteiger partial charge on any atom is 0.128 e. The Morgan fingerprint density at radius 1 is 1.22 bits per heavy atom. The summed E-state index contributed by atoms with van der Waals surface area (Å²) < 4.78 is 5.95. The molecule has 0 amide bonds. The van der Waals surface area contributed by atoms with Gasteiger partial charge in [-0.05, 0) is 24.5 Å². The molecule has 92 valence electrons. The van der Waals surface area contributed by atoms with Crippen LogP contribution in [0.5, 0.6) is 5.75 Å². The van der Waals surface area contributed by atoms with E-state index in [9.17, 15) is 0 Å². The maximum atomic E-state index is 5.95. The van der Waals surface area contributed by atoms with Gasteiger partial charge < -0.3 is 4.74 Å². The molecule has 0 saturated heterocycles. The largest absolute Gasteiger partial charge is 0.485 e. The number of rotatable bonds is 4. The van der Waals surface area contributed by atoms with Gasteiger partial charge in [0.25, 0.3) is 0 Å². The quantitative estimate of drug-likeness (QED) is 0.621. The fourth-order valence-corrected chi connectivity index (χ4v) is 1.96. The molecule has 0 aliphatic carbocycles. The molecule has 2 aromatic rings. The van der Waals surface area contributed by atoms with Gasteiger partial charge in [0.1, 0.15) is 11.9 Å². The van der Waals surface area contributed by atoms with E-state index in [1.807, 2.05) is 37.3 Å². The fourth-order valence-electron chi connectivity index (χ4n) is 1.81. The van der Waals surface area contributed by atoms with Gasteiger partial charge in [0.2, 0.25) is 0 Å². The predicted octanol–water partition coefficient (Wildman–Crippen LogP) is 4.61. The Kier molecular flexibility index (Phi) is 4.11. The van der Waals surface area contributed by atoms with Crippen LogP contribution >= 0.6 is 12.6 Å². The minimum atomic E-state index is -0.0860. The van der Waals surface area contributed by atoms with Gasteiger partial charge >= 0.3 is 0 Å². The van der Waals surface area contributed by atoms with Crippen LogP contribution in [0.1, 0.15) is 6.92 Å². The molecular weight excluding hydrogens is 240 g/mol. The van der Waals surface area contributed by atoms with E-state index in [0.717, 1.165) is 16.0 Å². The third-order valence-corrected chi connectivity index (χ3v) is 3.27. The Morgan fingerprint density at radius 2 is 1.94 bits per heavy atom. The van der Waals surface area contributed by atoms with E-state index in [-0.39, 0.29) is 6.10 Å². The average Bonchev–Trinajstić information content (AvgIpc) is 2.39. The van der Waals surface area contributed by atoms with E-state index >= 15 is 0 Å². The van der Waals surface area contributed by atoms with Crippen molar-refractivity contribution in [2.24, 2.45) is 0 Å². The van der Waals surface area contributed by atoms with Crippen molar-refractivity contribution < 1.29 is 4.74 Å². The molecule has 0 aliphatic rings. The topological polar surface area (TPSA) is 9.23 Å². The third-order valence-electron chi connectivity index (χ3n) is 2.76. The Balaban J connectivity index is 2.32. The number of hydrogen-bond acceptors (Lipinski definition) is 2. The lowest BCUT2D eigenvalue weighted by Gasteiger charge is -2.16. The van der Waals surface area contributed by atoms with Crippen LogP contribution in [0, 0.1) is 0 Å². The minimum Gasteiger partial charge on any atom is -0.485 e. The van der Waals surface area contributed by atoms with E-state index in [4.69, 9.17) is 4.74 Å². The lowest BCUT2D eigenvalue weighted by atomic mass is 10.1. The molecule has 0 spiro atoms. The van der Waals surface area contributed by atoms with Crippen molar-refractivity contribution >= 4 is 23.4 Å². The molecule has 0 bridgehead atoms. The predicted molar refractivity (Wildman–Crippen MR) is 81.3 cm³/mol. The van der Waals surface area contributed by atoms with Crippen LogP contribution in [0.4, 0.5) is 0 Å². The summed E-state index contributed by atoms with van der Waals surface area (Å²) in [5, 5.41) is 2.29. The molecule has 0 N–H and O–H groups in total. The monoisotopic (exact) mass is 256 g/mol. The molecule has 0 aromatic heterocycles. The molecule has 1 unspecified atom stereocenters. The summed E-state index contributed by atoms with van der Waals surface area (Å²) in [7, 11) is 0. The second-order valence-corrected chi connectivity index (χ2v) is 4.58. The molecule has 0 heterocycles. The van der Waals surface area contributed by atoms with E-state index in [2.05, 4.69) is 37.4 Å². The highest BCUT2D eigenvalue weighted by Crippen LogP contribution is 2.27. The normalized spacial score (nSPS) is 13.3. The van der Waals surface area contributed by atoms with Crippen LogP contribution in [-0.2, 0) is 0 Å². The van der Waals surface area contributed by atoms with Crippen LogP contribution in [0.15, 0.2) is 66.1 Å². The van der Waals surface area contributed by atoms with Crippen LogP contribution in [0.2, 0.25) is 0 Å². The number of thiol groups is 1. The third kappa shape index (κ3) is 2.77. The molecule has 18 heavy (non-hydrogen) atoms. The van der Waals surface area contributed by atoms with Crippen molar-refractivity contribution in [3.05, 3.63) is 66.1 Å². The first kappa shape index (κ1) is 12.8. The molecule has 0 saturated carbocycles. The summed E-state index contributed by atoms with van der Waals surface area (Å²) in [6.07, 6.45) is 3.47. The Bertz CT molecular complexity index is 581. The fraction of sp³-hybridized carbons (Fsp3) is 0.125. The Hall–Kier alpha value is -1.67. The van der Waals surface area contributed by atoms with Gasteiger partial charge in [-0.2, -0.15) is 0 Å². The number of allylic oxidation sites excluding steroid dienone is 2. The van der Waals surface area contributed by atoms with E-state index in [0.29, 0.717) is 0 Å². The molecule has 2 rings (SSSR count). The zero-order chi connectivity index (χ0) is 13.0. The molecule has 0 aliphatic heterocycles. The molecule has 0 fully saturated rings. The van der Waals surface area contributed by atoms with Gasteiger partial charge in [0.05, 0.1) is 0 Å². The minimum absolute atomic E-state index is 0.0860. The van der Waals surface area contributed by atoms with E-state index in [1.165, 1.54) is 5.39 Å². The van der Waals surface area contributed by atoms with Crippen molar-refractivity contribution in [2.75, 3.05) is 0 Å². The summed E-state index contributed by atoms with van der Waals surface area (Å²) in [6.45, 7) is 5.64. The molecule has 2 aromatic carbocycles. The SMILES string of the molecule is C=C/C=C(\S)C(C)Oc1cccc2ccccc12. The average molecular weight is 256 g/mol. The van der Waals surface area contributed by atoms with Crippen LogP contribution in [0.25, 0.3) is 10.8 Å². The highest BCUT2D eigenvalue weighted by atomic mass is 32.1. The Labute approximate surface area is 113 Å². The second kappa shape index (κ2) is 5.78. The molecule has 0 radical (unpaired) electrons. The van der Waals surface area contributed by atoms with Crippen molar-refractivity contribution in [3.63, 3.8) is 0 Å². The maximum absolute atomic E-state index is 5.95. The van der Waals surface area contributed by atoms with Crippen molar-refractivity contribution in [3.8, 4) is 5.75 Å². The van der Waals surface area contributed by atoms with Gasteiger partial charge in [-0.25, -0.2) is 0 Å². The summed E-state index contributed by atoms with van der Waals surface area (Å²) in [5.41, 5.74) is 0. The summed E-state index contributed by atoms with van der Waals surface area (Å²) in [5.74, 6) is 0.879. The van der Waals surface area contributed by atoms with Gasteiger partial charge in [-0.15, -0.1) is 12.6 Å². The highest BCUT2D eigenvalue weighted by Gasteiger charge is 2.08. The van der Waals surface area contributed by atoms with Gasteiger partial charge in [0.15, 0.2) is 0 Å². The van der Waals surface area contributed by atoms with Gasteiger partial charge in [-0.3, -0.25) is 0 Å². The molecule has 1 atom stereocenters. The van der Waals surface area contributed by atoms with Gasteiger partial charge in [0, 0.05) is 10.3 Å². The standard InChI is InChI=1S/C16H16OS/c1-3-7-16(18)12(2)17-15-11-6-9-13-8-4-5-10-14(13)15/h3-12,18H,1H2,2H3/b16-7-. The lowest BCUT2D eigenvalue weighted by molar-refractivity contribution is 0.270. The summed E-state index contributed by atoms with van der Waals surface area (Å²) in [4.78, 5) is 0.859.